The minimum atomic E-state index is -0.421. The molecule has 0 spiro atoms. The number of anilines is 1. The number of hydrogen-bond donors (Lipinski definition) is 3. The summed E-state index contributed by atoms with van der Waals surface area (Å²) >= 11 is 5.63. The smallest absolute Gasteiger partial charge is 0.277 e. The van der Waals surface area contributed by atoms with E-state index in [2.05, 4.69) is 20.7 Å². The van der Waals surface area contributed by atoms with Crippen molar-refractivity contribution in [3.63, 3.8) is 0 Å². The summed E-state index contributed by atoms with van der Waals surface area (Å²) in [4.78, 5) is 11.5. The Balaban J connectivity index is 2.15. The van der Waals surface area contributed by atoms with Gasteiger partial charge in [-0.05, 0) is 12.1 Å². The van der Waals surface area contributed by atoms with Crippen molar-refractivity contribution in [3.8, 4) is 5.75 Å². The second-order valence-electron chi connectivity index (χ2n) is 2.98. The van der Waals surface area contributed by atoms with E-state index in [1.807, 2.05) is 0 Å². The number of H-pyrrole nitrogens is 1. The van der Waals surface area contributed by atoms with Gasteiger partial charge in [0.05, 0.1) is 11.2 Å². The number of nitrogens with zero attached hydrogens (tertiary/aromatic N) is 2. The molecule has 0 saturated carbocycles. The number of rotatable bonds is 2. The molecule has 1 aromatic heterocycles. The van der Waals surface area contributed by atoms with Gasteiger partial charge >= 0.3 is 0 Å². The quantitative estimate of drug-likeness (QED) is 0.738. The zero-order chi connectivity index (χ0) is 11.5. The van der Waals surface area contributed by atoms with E-state index in [4.69, 9.17) is 11.6 Å². The fourth-order valence-corrected chi connectivity index (χ4v) is 1.21. The first-order valence-corrected chi connectivity index (χ1v) is 4.70. The largest absolute Gasteiger partial charge is 0.506 e. The van der Waals surface area contributed by atoms with Crippen LogP contribution in [0.3, 0.4) is 0 Å². The Labute approximate surface area is 95.2 Å². The summed E-state index contributed by atoms with van der Waals surface area (Å²) in [5.41, 5.74) is 0.587. The van der Waals surface area contributed by atoms with E-state index in [1.54, 1.807) is 6.07 Å². The molecule has 7 heteroatoms. The lowest BCUT2D eigenvalue weighted by molar-refractivity contribution is 0.102. The molecule has 0 radical (unpaired) electrons. The molecule has 0 saturated heterocycles. The van der Waals surface area contributed by atoms with Crippen molar-refractivity contribution < 1.29 is 9.90 Å². The second kappa shape index (κ2) is 4.19. The van der Waals surface area contributed by atoms with Crippen LogP contribution in [0.4, 0.5) is 5.69 Å². The highest BCUT2D eigenvalue weighted by Crippen LogP contribution is 2.26. The minimum absolute atomic E-state index is 0.0976. The molecule has 0 fully saturated rings. The molecule has 2 aromatic rings. The molecular formula is C9H7ClN4O2. The van der Waals surface area contributed by atoms with E-state index in [9.17, 15) is 9.90 Å². The van der Waals surface area contributed by atoms with Crippen molar-refractivity contribution in [2.24, 2.45) is 0 Å². The van der Waals surface area contributed by atoms with Crippen LogP contribution in [0.15, 0.2) is 24.4 Å². The molecule has 1 amide bonds. The van der Waals surface area contributed by atoms with E-state index in [0.717, 1.165) is 0 Å². The summed E-state index contributed by atoms with van der Waals surface area (Å²) in [5.74, 6) is -0.518. The van der Waals surface area contributed by atoms with E-state index in [0.29, 0.717) is 5.69 Å². The molecule has 0 bridgehead atoms. The number of carbonyl (C=O) groups is 1. The predicted octanol–water partition coefficient (Wildman–Crippen LogP) is 1.42. The SMILES string of the molecule is O=C(Nc1ccc(Cl)c(O)c1)c1cn[nH]n1. The average Bonchev–Trinajstić information content (AvgIpc) is 2.77. The van der Waals surface area contributed by atoms with Gasteiger partial charge in [0.15, 0.2) is 5.69 Å². The van der Waals surface area contributed by atoms with Crippen LogP contribution in [-0.4, -0.2) is 26.4 Å². The Morgan fingerprint density at radius 2 is 2.31 bits per heavy atom. The third-order valence-electron chi connectivity index (χ3n) is 1.85. The Morgan fingerprint density at radius 3 is 2.94 bits per heavy atom. The number of halogens is 1. The number of nitrogens with one attached hydrogen (secondary N) is 2. The summed E-state index contributed by atoms with van der Waals surface area (Å²) in [6.45, 7) is 0. The summed E-state index contributed by atoms with van der Waals surface area (Å²) in [7, 11) is 0. The van der Waals surface area contributed by atoms with Gasteiger partial charge in [-0.15, -0.1) is 0 Å². The fourth-order valence-electron chi connectivity index (χ4n) is 1.10. The van der Waals surface area contributed by atoms with Crippen molar-refractivity contribution in [1.29, 1.82) is 0 Å². The first-order chi connectivity index (χ1) is 7.66. The maximum absolute atomic E-state index is 11.5. The van der Waals surface area contributed by atoms with Crippen LogP contribution in [-0.2, 0) is 0 Å². The van der Waals surface area contributed by atoms with Crippen LogP contribution in [0.1, 0.15) is 10.5 Å². The molecule has 1 aromatic carbocycles. The molecule has 0 atom stereocenters. The van der Waals surface area contributed by atoms with Crippen molar-refractivity contribution in [2.75, 3.05) is 5.32 Å². The average molecular weight is 239 g/mol. The third kappa shape index (κ3) is 2.12. The molecular weight excluding hydrogens is 232 g/mol. The monoisotopic (exact) mass is 238 g/mol. The van der Waals surface area contributed by atoms with Gasteiger partial charge in [0.1, 0.15) is 5.75 Å². The normalized spacial score (nSPS) is 10.1. The van der Waals surface area contributed by atoms with Crippen LogP contribution in [0.5, 0.6) is 5.75 Å². The number of phenols is 1. The number of carbonyl (C=O) groups excluding carboxylic acids is 1. The maximum atomic E-state index is 11.5. The van der Waals surface area contributed by atoms with Crippen LogP contribution < -0.4 is 5.32 Å². The van der Waals surface area contributed by atoms with Crippen LogP contribution in [0.2, 0.25) is 5.02 Å². The first-order valence-electron chi connectivity index (χ1n) is 4.32. The van der Waals surface area contributed by atoms with Crippen molar-refractivity contribution in [1.82, 2.24) is 15.4 Å². The molecule has 0 aliphatic heterocycles. The molecule has 1 heterocycles. The van der Waals surface area contributed by atoms with Crippen molar-refractivity contribution >= 4 is 23.2 Å². The number of amides is 1. The number of aromatic hydroxyl groups is 1. The lowest BCUT2D eigenvalue weighted by Gasteiger charge is -2.03. The number of hydrogen-bond acceptors (Lipinski definition) is 4. The molecule has 0 aliphatic rings. The van der Waals surface area contributed by atoms with E-state index < -0.39 is 5.91 Å². The Kier molecular flexibility index (Phi) is 2.74. The Hall–Kier alpha value is -2.08. The highest BCUT2D eigenvalue weighted by molar-refractivity contribution is 6.32. The highest BCUT2D eigenvalue weighted by Gasteiger charge is 2.09. The number of phenolic OH excluding ortho intramolecular Hbond substituents is 1. The molecule has 6 nitrogen and oxygen atoms in total. The van der Waals surface area contributed by atoms with Crippen molar-refractivity contribution in [2.45, 2.75) is 0 Å². The maximum Gasteiger partial charge on any atom is 0.277 e. The van der Waals surface area contributed by atoms with Gasteiger partial charge in [-0.1, -0.05) is 11.6 Å². The summed E-state index contributed by atoms with van der Waals surface area (Å²) < 4.78 is 0. The zero-order valence-electron chi connectivity index (χ0n) is 7.94. The summed E-state index contributed by atoms with van der Waals surface area (Å²) in [5, 5.41) is 21.5. The fraction of sp³-hybridized carbons (Fsp3) is 0. The highest BCUT2D eigenvalue weighted by atomic mass is 35.5. The van der Waals surface area contributed by atoms with Crippen molar-refractivity contribution in [3.05, 3.63) is 35.1 Å². The van der Waals surface area contributed by atoms with Crippen LogP contribution >= 0.6 is 11.6 Å². The number of aromatic amines is 1. The van der Waals surface area contributed by atoms with Gasteiger partial charge < -0.3 is 10.4 Å². The summed E-state index contributed by atoms with van der Waals surface area (Å²) in [6.07, 6.45) is 1.30. The van der Waals surface area contributed by atoms with Gasteiger partial charge in [0.2, 0.25) is 0 Å². The lowest BCUT2D eigenvalue weighted by atomic mass is 10.3. The Bertz CT molecular complexity index is 512. The zero-order valence-corrected chi connectivity index (χ0v) is 8.69. The topological polar surface area (TPSA) is 90.9 Å². The molecule has 3 N–H and O–H groups in total. The second-order valence-corrected chi connectivity index (χ2v) is 3.38. The van der Waals surface area contributed by atoms with Gasteiger partial charge in [-0.25, -0.2) is 0 Å². The number of aromatic nitrogens is 3. The molecule has 0 unspecified atom stereocenters. The molecule has 82 valence electrons. The number of benzene rings is 1. The molecule has 16 heavy (non-hydrogen) atoms. The minimum Gasteiger partial charge on any atom is -0.506 e. The van der Waals surface area contributed by atoms with E-state index >= 15 is 0 Å². The van der Waals surface area contributed by atoms with Gasteiger partial charge in [-0.3, -0.25) is 4.79 Å². The lowest BCUT2D eigenvalue weighted by Crippen LogP contribution is -2.12. The van der Waals surface area contributed by atoms with E-state index in [-0.39, 0.29) is 16.5 Å². The van der Waals surface area contributed by atoms with Gasteiger partial charge in [0, 0.05) is 11.8 Å². The van der Waals surface area contributed by atoms with Crippen LogP contribution in [0, 0.1) is 0 Å². The third-order valence-corrected chi connectivity index (χ3v) is 2.17. The predicted molar refractivity (Wildman–Crippen MR) is 57.5 cm³/mol. The molecule has 2 rings (SSSR count). The standard InChI is InChI=1S/C9H7ClN4O2/c10-6-2-1-5(3-8(6)15)12-9(16)7-4-11-14-13-7/h1-4,15H,(H,12,16)(H,11,13,14). The van der Waals surface area contributed by atoms with Gasteiger partial charge in [-0.2, -0.15) is 15.4 Å². The Morgan fingerprint density at radius 1 is 1.50 bits per heavy atom. The van der Waals surface area contributed by atoms with Gasteiger partial charge in [0.25, 0.3) is 5.91 Å². The first kappa shape index (κ1) is 10.4. The summed E-state index contributed by atoms with van der Waals surface area (Å²) in [6, 6.07) is 4.40. The van der Waals surface area contributed by atoms with Crippen LogP contribution in [0.25, 0.3) is 0 Å². The van der Waals surface area contributed by atoms with E-state index in [1.165, 1.54) is 18.3 Å². The molecule has 0 aliphatic carbocycles.